The van der Waals surface area contributed by atoms with Crippen molar-refractivity contribution < 1.29 is 30.9 Å². The van der Waals surface area contributed by atoms with Gasteiger partial charge in [-0.25, -0.2) is 13.2 Å². The number of halogens is 6. The second-order valence-electron chi connectivity index (χ2n) is 7.27. The van der Waals surface area contributed by atoms with Crippen molar-refractivity contribution in [3.05, 3.63) is 70.4 Å². The maximum atomic E-state index is 13.7. The zero-order valence-corrected chi connectivity index (χ0v) is 17.0. The first kappa shape index (κ1) is 22.4. The molecule has 4 aromatic rings. The van der Waals surface area contributed by atoms with Crippen LogP contribution in [0.25, 0.3) is 22.4 Å². The Morgan fingerprint density at radius 2 is 1.79 bits per heavy atom. The van der Waals surface area contributed by atoms with Crippen molar-refractivity contribution in [2.45, 2.75) is 32.5 Å². The number of rotatable bonds is 5. The number of alkyl halides is 3. The molecule has 0 unspecified atom stereocenters. The van der Waals surface area contributed by atoms with Gasteiger partial charge in [0.05, 0.1) is 23.7 Å². The lowest BCUT2D eigenvalue weighted by atomic mass is 10.0. The summed E-state index contributed by atoms with van der Waals surface area (Å²) in [6, 6.07) is 6.87. The second-order valence-corrected chi connectivity index (χ2v) is 7.27. The molecule has 0 aliphatic heterocycles. The van der Waals surface area contributed by atoms with Crippen LogP contribution in [0.4, 0.5) is 26.3 Å². The van der Waals surface area contributed by atoms with Gasteiger partial charge in [-0.3, -0.25) is 0 Å². The second kappa shape index (κ2) is 8.27. The maximum Gasteiger partial charge on any atom is 0.418 e. The fraction of sp³-hybridized carbons (Fsp3) is 0.227. The van der Waals surface area contributed by atoms with Crippen LogP contribution in [-0.2, 0) is 19.1 Å². The van der Waals surface area contributed by atoms with Gasteiger partial charge in [0.15, 0.2) is 23.3 Å². The van der Waals surface area contributed by atoms with Crippen molar-refractivity contribution in [1.82, 2.24) is 14.7 Å². The minimum absolute atomic E-state index is 0.0305. The van der Waals surface area contributed by atoms with E-state index in [0.29, 0.717) is 30.7 Å². The molecule has 0 saturated heterocycles. The molecule has 170 valence electrons. The van der Waals surface area contributed by atoms with Crippen molar-refractivity contribution >= 4 is 10.9 Å². The van der Waals surface area contributed by atoms with E-state index < -0.39 is 34.8 Å². The normalized spacial score (nSPS) is 11.8. The van der Waals surface area contributed by atoms with Crippen LogP contribution in [0, 0.1) is 28.8 Å². The molecule has 2 heterocycles. The van der Waals surface area contributed by atoms with E-state index in [-0.39, 0.29) is 34.7 Å². The predicted octanol–water partition coefficient (Wildman–Crippen LogP) is 6.00. The molecule has 0 atom stereocenters. The summed E-state index contributed by atoms with van der Waals surface area (Å²) in [5.74, 6) is -4.75. The summed E-state index contributed by atoms with van der Waals surface area (Å²) in [4.78, 5) is 4.05. The summed E-state index contributed by atoms with van der Waals surface area (Å²) in [5, 5.41) is 12.8. The molecule has 0 radical (unpaired) electrons. The van der Waals surface area contributed by atoms with E-state index >= 15 is 0 Å². The standard InChI is InChI=1S/C22H14F6N4O/c1-2-3-13-8-14-17(5-4-11(9-29)19(14)22(26,27)28)32(13)10-18-30-21(33-31-18)12-6-15(23)20(25)16(24)7-12/h4-8H,2-3,10H2,1H3. The Morgan fingerprint density at radius 3 is 2.39 bits per heavy atom. The summed E-state index contributed by atoms with van der Waals surface area (Å²) < 4.78 is 88.0. The Kier molecular flexibility index (Phi) is 5.61. The predicted molar refractivity (Wildman–Crippen MR) is 104 cm³/mol. The van der Waals surface area contributed by atoms with E-state index in [1.165, 1.54) is 12.1 Å². The van der Waals surface area contributed by atoms with E-state index in [1.54, 1.807) is 10.6 Å². The summed E-state index contributed by atoms with van der Waals surface area (Å²) >= 11 is 0. The highest BCUT2D eigenvalue weighted by molar-refractivity contribution is 5.87. The van der Waals surface area contributed by atoms with Gasteiger partial charge >= 0.3 is 6.18 Å². The van der Waals surface area contributed by atoms with Crippen molar-refractivity contribution in [3.8, 4) is 17.5 Å². The number of benzene rings is 2. The Labute approximate surface area is 182 Å². The molecule has 0 amide bonds. The highest BCUT2D eigenvalue weighted by Gasteiger charge is 2.36. The van der Waals surface area contributed by atoms with Crippen LogP contribution in [0.15, 0.2) is 34.9 Å². The Morgan fingerprint density at radius 1 is 1.09 bits per heavy atom. The molecule has 0 aliphatic carbocycles. The lowest BCUT2D eigenvalue weighted by Crippen LogP contribution is -2.09. The number of hydrogen-bond acceptors (Lipinski definition) is 4. The van der Waals surface area contributed by atoms with Crippen LogP contribution in [0.3, 0.4) is 0 Å². The van der Waals surface area contributed by atoms with Gasteiger partial charge in [-0.15, -0.1) is 0 Å². The third-order valence-electron chi connectivity index (χ3n) is 5.08. The molecule has 4 rings (SSSR count). The lowest BCUT2D eigenvalue weighted by Gasteiger charge is -2.11. The zero-order valence-electron chi connectivity index (χ0n) is 17.0. The maximum absolute atomic E-state index is 13.7. The van der Waals surface area contributed by atoms with Crippen LogP contribution in [0.5, 0.6) is 0 Å². The smallest absolute Gasteiger partial charge is 0.337 e. The van der Waals surface area contributed by atoms with Crippen LogP contribution in [0.1, 0.15) is 36.0 Å². The highest BCUT2D eigenvalue weighted by atomic mass is 19.4. The summed E-state index contributed by atoms with van der Waals surface area (Å²) in [6.07, 6.45) is -3.67. The Bertz CT molecular complexity index is 1370. The first-order chi connectivity index (χ1) is 15.6. The van der Waals surface area contributed by atoms with E-state index in [9.17, 15) is 26.3 Å². The van der Waals surface area contributed by atoms with Crippen molar-refractivity contribution in [2.75, 3.05) is 0 Å². The van der Waals surface area contributed by atoms with Gasteiger partial charge in [-0.2, -0.15) is 23.4 Å². The number of fused-ring (bicyclic) bond motifs is 1. The monoisotopic (exact) mass is 464 g/mol. The molecule has 0 spiro atoms. The SMILES string of the molecule is CCCc1cc2c(C(F)(F)F)c(C#N)ccc2n1Cc1noc(-c2cc(F)c(F)c(F)c2)n1. The topological polar surface area (TPSA) is 67.6 Å². The molecule has 11 heteroatoms. The molecule has 0 saturated carbocycles. The van der Waals surface area contributed by atoms with E-state index in [4.69, 9.17) is 9.78 Å². The quantitative estimate of drug-likeness (QED) is 0.268. The van der Waals surface area contributed by atoms with Crippen LogP contribution < -0.4 is 0 Å². The number of aryl methyl sites for hydroxylation is 1. The molecule has 33 heavy (non-hydrogen) atoms. The third-order valence-corrected chi connectivity index (χ3v) is 5.08. The van der Waals surface area contributed by atoms with Crippen LogP contribution >= 0.6 is 0 Å². The third kappa shape index (κ3) is 4.04. The molecule has 0 fully saturated rings. The zero-order chi connectivity index (χ0) is 23.9. The molecule has 2 aromatic heterocycles. The molecule has 2 aromatic carbocycles. The number of hydrogen-bond donors (Lipinski definition) is 0. The van der Waals surface area contributed by atoms with Gasteiger partial charge in [0.25, 0.3) is 5.89 Å². The van der Waals surface area contributed by atoms with Gasteiger partial charge in [-0.1, -0.05) is 18.5 Å². The largest absolute Gasteiger partial charge is 0.418 e. The van der Waals surface area contributed by atoms with Crippen LogP contribution in [0.2, 0.25) is 0 Å². The summed E-state index contributed by atoms with van der Waals surface area (Å²) in [7, 11) is 0. The number of nitriles is 1. The number of aromatic nitrogens is 3. The molecular weight excluding hydrogens is 450 g/mol. The Hall–Kier alpha value is -3.81. The van der Waals surface area contributed by atoms with Crippen molar-refractivity contribution in [3.63, 3.8) is 0 Å². The average Bonchev–Trinajstić information content (AvgIpc) is 3.36. The molecule has 0 N–H and O–H groups in total. The minimum atomic E-state index is -4.74. The summed E-state index contributed by atoms with van der Waals surface area (Å²) in [5.41, 5.74) is -0.926. The minimum Gasteiger partial charge on any atom is -0.337 e. The van der Waals surface area contributed by atoms with E-state index in [1.807, 2.05) is 6.92 Å². The molecular formula is C22H14F6N4O. The highest BCUT2D eigenvalue weighted by Crippen LogP contribution is 2.39. The first-order valence-electron chi connectivity index (χ1n) is 9.74. The number of nitrogens with zero attached hydrogens (tertiary/aromatic N) is 4. The molecule has 0 aliphatic rings. The fourth-order valence-corrected chi connectivity index (χ4v) is 3.69. The summed E-state index contributed by atoms with van der Waals surface area (Å²) in [6.45, 7) is 1.76. The fourth-order valence-electron chi connectivity index (χ4n) is 3.69. The van der Waals surface area contributed by atoms with Gasteiger partial charge in [0.2, 0.25) is 0 Å². The first-order valence-corrected chi connectivity index (χ1v) is 9.74. The molecule has 0 bridgehead atoms. The van der Waals surface area contributed by atoms with Gasteiger partial charge in [-0.05, 0) is 36.8 Å². The van der Waals surface area contributed by atoms with E-state index in [2.05, 4.69) is 10.1 Å². The molecule has 5 nitrogen and oxygen atoms in total. The van der Waals surface area contributed by atoms with Crippen molar-refractivity contribution in [1.29, 1.82) is 5.26 Å². The van der Waals surface area contributed by atoms with E-state index in [0.717, 1.165) is 6.07 Å². The van der Waals surface area contributed by atoms with Gasteiger partial charge < -0.3 is 9.09 Å². The van der Waals surface area contributed by atoms with Gasteiger partial charge in [0.1, 0.15) is 0 Å². The van der Waals surface area contributed by atoms with Crippen LogP contribution in [-0.4, -0.2) is 14.7 Å². The average molecular weight is 464 g/mol. The Balaban J connectivity index is 1.80. The van der Waals surface area contributed by atoms with Crippen molar-refractivity contribution in [2.24, 2.45) is 0 Å². The van der Waals surface area contributed by atoms with Gasteiger partial charge in [0, 0.05) is 22.2 Å². The lowest BCUT2D eigenvalue weighted by molar-refractivity contribution is -0.136.